The van der Waals surface area contributed by atoms with Gasteiger partial charge in [0.25, 0.3) is 10.1 Å². The van der Waals surface area contributed by atoms with Gasteiger partial charge in [-0.15, -0.1) is 0 Å². The largest absolute Gasteiger partial charge is 0.333 e. The fraction of sp³-hybridized carbons (Fsp3) is 1.00. The third kappa shape index (κ3) is 4.86. The lowest BCUT2D eigenvalue weighted by Crippen LogP contribution is -2.36. The summed E-state index contributed by atoms with van der Waals surface area (Å²) in [6.45, 7) is 2.22. The molecule has 0 atom stereocenters. The van der Waals surface area contributed by atoms with Crippen LogP contribution in [-0.2, 0) is 20.4 Å². The highest BCUT2D eigenvalue weighted by atomic mass is 32.2. The van der Waals surface area contributed by atoms with E-state index in [9.17, 15) is 16.8 Å². The van der Waals surface area contributed by atoms with Gasteiger partial charge in [0, 0.05) is 6.54 Å². The third-order valence-corrected chi connectivity index (χ3v) is 3.88. The Kier molecular flexibility index (Phi) is 4.04. The van der Waals surface area contributed by atoms with Crippen molar-refractivity contribution in [2.75, 3.05) is 6.54 Å². The van der Waals surface area contributed by atoms with E-state index >= 15 is 0 Å². The first kappa shape index (κ1) is 13.8. The average molecular weight is 247 g/mol. The van der Waals surface area contributed by atoms with E-state index in [1.807, 2.05) is 0 Å². The molecule has 0 aliphatic rings. The number of rotatable bonds is 5. The van der Waals surface area contributed by atoms with Crippen LogP contribution in [0.2, 0.25) is 0 Å². The molecule has 0 heterocycles. The summed E-state index contributed by atoms with van der Waals surface area (Å²) < 4.78 is 59.1. The highest BCUT2D eigenvalue weighted by Gasteiger charge is 2.32. The van der Waals surface area contributed by atoms with E-state index in [1.165, 1.54) is 13.8 Å². The number of nitrogens with one attached hydrogen (secondary N) is 1. The first-order chi connectivity index (χ1) is 5.96. The second-order valence-electron chi connectivity index (χ2n) is 3.35. The standard InChI is InChI=1S/C5H13NO6S2/c1-5(2,13(7,8)9)3-4-6-14(10,11)12/h6H,3-4H2,1-2H3,(H,7,8,9)(H,10,11,12). The van der Waals surface area contributed by atoms with Gasteiger partial charge in [-0.2, -0.15) is 21.6 Å². The van der Waals surface area contributed by atoms with Gasteiger partial charge in [-0.1, -0.05) is 0 Å². The molecule has 0 rings (SSSR count). The Hall–Kier alpha value is -0.220. The Morgan fingerprint density at radius 1 is 1.14 bits per heavy atom. The Morgan fingerprint density at radius 3 is 1.86 bits per heavy atom. The molecular weight excluding hydrogens is 234 g/mol. The van der Waals surface area contributed by atoms with Gasteiger partial charge in [-0.05, 0) is 20.3 Å². The molecule has 0 aliphatic carbocycles. The van der Waals surface area contributed by atoms with E-state index in [0.29, 0.717) is 0 Å². The van der Waals surface area contributed by atoms with Crippen molar-refractivity contribution in [3.05, 3.63) is 0 Å². The van der Waals surface area contributed by atoms with E-state index in [4.69, 9.17) is 9.11 Å². The van der Waals surface area contributed by atoms with Crippen LogP contribution in [0.3, 0.4) is 0 Å². The monoisotopic (exact) mass is 247 g/mol. The van der Waals surface area contributed by atoms with E-state index in [-0.39, 0.29) is 13.0 Å². The SMILES string of the molecule is CC(C)(CCNS(=O)(=O)O)S(=O)(=O)O. The summed E-state index contributed by atoms with van der Waals surface area (Å²) >= 11 is 0. The molecule has 9 heteroatoms. The van der Waals surface area contributed by atoms with Crippen LogP contribution in [0.15, 0.2) is 0 Å². The molecule has 0 saturated heterocycles. The lowest BCUT2D eigenvalue weighted by atomic mass is 10.1. The van der Waals surface area contributed by atoms with E-state index in [0.717, 1.165) is 0 Å². The van der Waals surface area contributed by atoms with Gasteiger partial charge in [0.05, 0.1) is 4.75 Å². The molecule has 0 radical (unpaired) electrons. The molecule has 0 fully saturated rings. The molecular formula is C5H13NO6S2. The van der Waals surface area contributed by atoms with Crippen molar-refractivity contribution in [1.29, 1.82) is 0 Å². The maximum atomic E-state index is 10.7. The van der Waals surface area contributed by atoms with Crippen LogP contribution >= 0.6 is 0 Å². The van der Waals surface area contributed by atoms with Crippen molar-refractivity contribution in [2.45, 2.75) is 25.0 Å². The summed E-state index contributed by atoms with van der Waals surface area (Å²) in [7, 11) is -8.56. The number of hydrogen-bond donors (Lipinski definition) is 3. The molecule has 0 amide bonds. The van der Waals surface area contributed by atoms with Crippen LogP contribution in [0.5, 0.6) is 0 Å². The van der Waals surface area contributed by atoms with Crippen molar-refractivity contribution in [3.8, 4) is 0 Å². The summed E-state index contributed by atoms with van der Waals surface area (Å²) in [6.07, 6.45) is -0.147. The lowest BCUT2D eigenvalue weighted by Gasteiger charge is -2.20. The van der Waals surface area contributed by atoms with Gasteiger partial charge in [0.1, 0.15) is 0 Å². The van der Waals surface area contributed by atoms with E-state index in [1.54, 1.807) is 4.72 Å². The molecule has 3 N–H and O–H groups in total. The Morgan fingerprint density at radius 2 is 1.57 bits per heavy atom. The fourth-order valence-corrected chi connectivity index (χ4v) is 1.33. The van der Waals surface area contributed by atoms with Gasteiger partial charge >= 0.3 is 10.3 Å². The van der Waals surface area contributed by atoms with Gasteiger partial charge in [0.15, 0.2) is 0 Å². The molecule has 0 saturated carbocycles. The molecule has 0 aliphatic heterocycles. The van der Waals surface area contributed by atoms with Crippen molar-refractivity contribution >= 4 is 20.4 Å². The van der Waals surface area contributed by atoms with E-state index in [2.05, 4.69) is 0 Å². The fourth-order valence-electron chi connectivity index (χ4n) is 0.610. The Balaban J connectivity index is 4.30. The third-order valence-electron chi connectivity index (χ3n) is 1.71. The zero-order valence-electron chi connectivity index (χ0n) is 7.76. The van der Waals surface area contributed by atoms with Gasteiger partial charge in [0.2, 0.25) is 0 Å². The molecule has 0 aromatic rings. The first-order valence-electron chi connectivity index (χ1n) is 3.65. The van der Waals surface area contributed by atoms with Gasteiger partial charge in [-0.25, -0.2) is 0 Å². The molecule has 86 valence electrons. The van der Waals surface area contributed by atoms with Gasteiger partial charge in [-0.3, -0.25) is 9.11 Å². The minimum Gasteiger partial charge on any atom is -0.285 e. The summed E-state index contributed by atoms with van der Waals surface area (Å²) in [6, 6.07) is 0. The maximum Gasteiger partial charge on any atom is 0.333 e. The molecule has 0 bridgehead atoms. The number of hydrogen-bond acceptors (Lipinski definition) is 4. The predicted octanol–water partition coefficient (Wildman–Crippen LogP) is -0.565. The second-order valence-corrected chi connectivity index (χ2v) is 6.65. The van der Waals surface area contributed by atoms with Crippen molar-refractivity contribution in [2.24, 2.45) is 0 Å². The quantitative estimate of drug-likeness (QED) is 0.560. The van der Waals surface area contributed by atoms with Crippen molar-refractivity contribution in [3.63, 3.8) is 0 Å². The zero-order valence-corrected chi connectivity index (χ0v) is 9.39. The minimum atomic E-state index is -4.32. The van der Waals surface area contributed by atoms with Crippen LogP contribution in [0, 0.1) is 0 Å². The highest BCUT2D eigenvalue weighted by molar-refractivity contribution is 7.87. The predicted molar refractivity (Wildman–Crippen MR) is 49.8 cm³/mol. The Labute approximate surface area is 83.1 Å². The van der Waals surface area contributed by atoms with Crippen LogP contribution in [-0.4, -0.2) is 37.2 Å². The molecule has 0 unspecified atom stereocenters. The normalized spacial score (nSPS) is 14.3. The molecule has 7 nitrogen and oxygen atoms in total. The second kappa shape index (κ2) is 4.11. The van der Waals surface area contributed by atoms with Crippen LogP contribution in [0.1, 0.15) is 20.3 Å². The molecule has 14 heavy (non-hydrogen) atoms. The summed E-state index contributed by atoms with van der Waals surface area (Å²) in [5.74, 6) is 0. The van der Waals surface area contributed by atoms with E-state index < -0.39 is 25.2 Å². The summed E-state index contributed by atoms with van der Waals surface area (Å²) in [4.78, 5) is 0. The maximum absolute atomic E-state index is 10.7. The average Bonchev–Trinajstić information content (AvgIpc) is 1.80. The highest BCUT2D eigenvalue weighted by Crippen LogP contribution is 2.18. The van der Waals surface area contributed by atoms with Crippen LogP contribution in [0.4, 0.5) is 0 Å². The van der Waals surface area contributed by atoms with Crippen molar-refractivity contribution < 1.29 is 25.9 Å². The van der Waals surface area contributed by atoms with Crippen LogP contribution in [0.25, 0.3) is 0 Å². The molecule has 0 spiro atoms. The summed E-state index contributed by atoms with van der Waals surface area (Å²) in [5, 5.41) is 0. The molecule has 0 aromatic heterocycles. The lowest BCUT2D eigenvalue weighted by molar-refractivity contribution is 0.425. The topological polar surface area (TPSA) is 121 Å². The summed E-state index contributed by atoms with van der Waals surface area (Å²) in [5.41, 5.74) is 0. The first-order valence-corrected chi connectivity index (χ1v) is 6.53. The van der Waals surface area contributed by atoms with Crippen molar-refractivity contribution in [1.82, 2.24) is 4.72 Å². The van der Waals surface area contributed by atoms with Crippen LogP contribution < -0.4 is 4.72 Å². The minimum absolute atomic E-state index is 0.147. The Bertz CT molecular complexity index is 380. The zero-order chi connectivity index (χ0) is 11.6. The molecule has 0 aromatic carbocycles. The van der Waals surface area contributed by atoms with Gasteiger partial charge < -0.3 is 0 Å². The smallest absolute Gasteiger partial charge is 0.285 e.